The van der Waals surface area contributed by atoms with Crippen LogP contribution >= 0.6 is 0 Å². The van der Waals surface area contributed by atoms with Crippen molar-refractivity contribution >= 4 is 0 Å². The number of hydrogen-bond acceptors (Lipinski definition) is 4. The van der Waals surface area contributed by atoms with Crippen molar-refractivity contribution in [1.82, 2.24) is 5.01 Å². The molecule has 0 bridgehead atoms. The molecule has 0 radical (unpaired) electrons. The average Bonchev–Trinajstić information content (AvgIpc) is 1.99. The lowest BCUT2D eigenvalue weighted by molar-refractivity contribution is 0.115. The molecular weight excluding hydrogens is 166 g/mol. The van der Waals surface area contributed by atoms with Crippen molar-refractivity contribution in [2.24, 2.45) is 11.6 Å². The Morgan fingerprint density at radius 2 is 2.08 bits per heavy atom. The zero-order valence-electron chi connectivity index (χ0n) is 8.75. The second kappa shape index (κ2) is 5.09. The molecule has 0 aromatic rings. The van der Waals surface area contributed by atoms with Gasteiger partial charge in [-0.05, 0) is 20.3 Å². The first-order chi connectivity index (χ1) is 5.88. The van der Waals surface area contributed by atoms with Gasteiger partial charge in [0.05, 0.1) is 11.3 Å². The van der Waals surface area contributed by atoms with Gasteiger partial charge in [-0.15, -0.1) is 0 Å². The van der Waals surface area contributed by atoms with E-state index in [1.807, 2.05) is 0 Å². The molecule has 0 atom stereocenters. The molecule has 0 saturated carbocycles. The molecule has 13 heavy (non-hydrogen) atoms. The van der Waals surface area contributed by atoms with Crippen molar-refractivity contribution in [1.29, 1.82) is 0 Å². The second-order valence-corrected chi connectivity index (χ2v) is 3.73. The summed E-state index contributed by atoms with van der Waals surface area (Å²) in [6.07, 6.45) is 3.69. The van der Waals surface area contributed by atoms with Crippen molar-refractivity contribution in [3.63, 3.8) is 0 Å². The van der Waals surface area contributed by atoms with Crippen LogP contribution in [0.3, 0.4) is 0 Å². The first-order valence-corrected chi connectivity index (χ1v) is 4.59. The highest BCUT2D eigenvalue weighted by atomic mass is 16.3. The predicted molar refractivity (Wildman–Crippen MR) is 54.4 cm³/mol. The van der Waals surface area contributed by atoms with Crippen molar-refractivity contribution in [3.05, 3.63) is 11.9 Å². The van der Waals surface area contributed by atoms with Crippen molar-refractivity contribution < 1.29 is 5.11 Å². The topological polar surface area (TPSA) is 75.5 Å². The van der Waals surface area contributed by atoms with Crippen LogP contribution in [0, 0.1) is 0 Å². The molecule has 0 aliphatic heterocycles. The van der Waals surface area contributed by atoms with E-state index in [9.17, 15) is 5.11 Å². The van der Waals surface area contributed by atoms with Crippen LogP contribution in [0.5, 0.6) is 0 Å². The molecule has 0 aromatic heterocycles. The van der Waals surface area contributed by atoms with Gasteiger partial charge in [-0.1, -0.05) is 13.3 Å². The Labute approximate surface area is 80.2 Å². The third-order valence-electron chi connectivity index (χ3n) is 1.78. The van der Waals surface area contributed by atoms with Gasteiger partial charge in [-0.25, -0.2) is 5.84 Å². The predicted octanol–water partition coefficient (Wildman–Crippen LogP) is 0.533. The molecule has 78 valence electrons. The molecule has 0 rings (SSSR count). The Morgan fingerprint density at radius 1 is 1.54 bits per heavy atom. The van der Waals surface area contributed by atoms with E-state index in [1.54, 1.807) is 20.0 Å². The van der Waals surface area contributed by atoms with E-state index in [4.69, 9.17) is 11.6 Å². The fourth-order valence-corrected chi connectivity index (χ4v) is 0.742. The summed E-state index contributed by atoms with van der Waals surface area (Å²) in [5, 5.41) is 11.0. The molecular formula is C9H21N3O. The Bertz CT molecular complexity index is 172. The summed E-state index contributed by atoms with van der Waals surface area (Å²) in [7, 11) is 0. The number of nitrogens with two attached hydrogens (primary N) is 2. The van der Waals surface area contributed by atoms with Gasteiger partial charge >= 0.3 is 0 Å². The molecule has 0 amide bonds. The third kappa shape index (κ3) is 5.49. The quantitative estimate of drug-likeness (QED) is 0.433. The highest BCUT2D eigenvalue weighted by Crippen LogP contribution is 2.09. The van der Waals surface area contributed by atoms with Gasteiger partial charge in [-0.3, -0.25) is 0 Å². The minimum atomic E-state index is -0.996. The average molecular weight is 187 g/mol. The molecule has 0 saturated heterocycles. The highest BCUT2D eigenvalue weighted by molar-refractivity contribution is 5.07. The number of rotatable bonds is 5. The summed E-state index contributed by atoms with van der Waals surface area (Å²) in [4.78, 5) is 0. The summed E-state index contributed by atoms with van der Waals surface area (Å²) in [5.74, 6) is 5.62. The van der Waals surface area contributed by atoms with Gasteiger partial charge in [0.2, 0.25) is 0 Å². The molecule has 0 aliphatic carbocycles. The van der Waals surface area contributed by atoms with Gasteiger partial charge in [-0.2, -0.15) is 0 Å². The Hall–Kier alpha value is -0.740. The minimum Gasteiger partial charge on any atom is -0.398 e. The fourth-order valence-electron chi connectivity index (χ4n) is 0.742. The number of unbranched alkanes of at least 4 members (excludes halogenated alkanes) is 1. The molecule has 0 aromatic carbocycles. The van der Waals surface area contributed by atoms with Crippen molar-refractivity contribution in [2.45, 2.75) is 39.2 Å². The van der Waals surface area contributed by atoms with E-state index in [-0.39, 0.29) is 0 Å². The molecule has 4 nitrogen and oxygen atoms in total. The third-order valence-corrected chi connectivity index (χ3v) is 1.78. The van der Waals surface area contributed by atoms with E-state index in [0.717, 1.165) is 19.4 Å². The zero-order valence-corrected chi connectivity index (χ0v) is 8.75. The molecule has 0 spiro atoms. The summed E-state index contributed by atoms with van der Waals surface area (Å²) < 4.78 is 0. The molecule has 5 N–H and O–H groups in total. The maximum absolute atomic E-state index is 9.48. The maximum Gasteiger partial charge on any atom is 0.0997 e. The molecule has 0 unspecified atom stereocenters. The number of nitrogens with zero attached hydrogens (tertiary/aromatic N) is 1. The first-order valence-electron chi connectivity index (χ1n) is 4.59. The molecule has 0 heterocycles. The van der Waals surface area contributed by atoms with Gasteiger partial charge in [0.25, 0.3) is 0 Å². The monoisotopic (exact) mass is 187 g/mol. The normalized spacial score (nSPS) is 13.2. The maximum atomic E-state index is 9.48. The molecule has 4 heteroatoms. The van der Waals surface area contributed by atoms with Crippen LogP contribution in [0.25, 0.3) is 0 Å². The van der Waals surface area contributed by atoms with Gasteiger partial charge < -0.3 is 15.8 Å². The molecule has 0 fully saturated rings. The van der Waals surface area contributed by atoms with Crippen LogP contribution in [0.4, 0.5) is 0 Å². The van der Waals surface area contributed by atoms with Crippen LogP contribution < -0.4 is 11.6 Å². The van der Waals surface area contributed by atoms with Crippen molar-refractivity contribution in [3.8, 4) is 0 Å². The largest absolute Gasteiger partial charge is 0.398 e. The smallest absolute Gasteiger partial charge is 0.0997 e. The Morgan fingerprint density at radius 3 is 2.46 bits per heavy atom. The SMILES string of the molecule is CCCCN(N)/C=C(\N)C(C)(C)O. The second-order valence-electron chi connectivity index (χ2n) is 3.73. The fraction of sp³-hybridized carbons (Fsp3) is 0.778. The van der Waals surface area contributed by atoms with Gasteiger partial charge in [0.15, 0.2) is 0 Å². The van der Waals surface area contributed by atoms with Crippen molar-refractivity contribution in [2.75, 3.05) is 6.54 Å². The summed E-state index contributed by atoms with van der Waals surface area (Å²) >= 11 is 0. The zero-order chi connectivity index (χ0) is 10.5. The summed E-state index contributed by atoms with van der Waals surface area (Å²) in [5.41, 5.74) is 5.00. The van der Waals surface area contributed by atoms with Crippen LogP contribution in [-0.2, 0) is 0 Å². The lowest BCUT2D eigenvalue weighted by Gasteiger charge is -2.21. The van der Waals surface area contributed by atoms with E-state index < -0.39 is 5.60 Å². The van der Waals surface area contributed by atoms with Gasteiger partial charge in [0.1, 0.15) is 0 Å². The Balaban J connectivity index is 4.06. The van der Waals surface area contributed by atoms with Crippen LogP contribution in [0.1, 0.15) is 33.6 Å². The first kappa shape index (κ1) is 12.3. The summed E-state index contributed by atoms with van der Waals surface area (Å²) in [6.45, 7) is 6.11. The summed E-state index contributed by atoms with van der Waals surface area (Å²) in [6, 6.07) is 0. The van der Waals surface area contributed by atoms with E-state index in [2.05, 4.69) is 6.92 Å². The van der Waals surface area contributed by atoms with Crippen LogP contribution in [0.15, 0.2) is 11.9 Å². The standard InChI is InChI=1S/C9H21N3O/c1-4-5-6-12(11)7-8(10)9(2,3)13/h7,13H,4-6,10-11H2,1-3H3/b8-7-. The van der Waals surface area contributed by atoms with E-state index in [0.29, 0.717) is 5.70 Å². The molecule has 0 aliphatic rings. The van der Waals surface area contributed by atoms with E-state index in [1.165, 1.54) is 5.01 Å². The number of aliphatic hydroxyl groups is 1. The number of hydrogen-bond donors (Lipinski definition) is 3. The van der Waals surface area contributed by atoms with Crippen LogP contribution in [0.2, 0.25) is 0 Å². The number of hydrazine groups is 1. The lowest BCUT2D eigenvalue weighted by atomic mass is 10.1. The Kier molecular flexibility index (Phi) is 4.80. The van der Waals surface area contributed by atoms with Gasteiger partial charge in [0, 0.05) is 12.7 Å². The van der Waals surface area contributed by atoms with Crippen LogP contribution in [-0.4, -0.2) is 22.3 Å². The lowest BCUT2D eigenvalue weighted by Crippen LogP contribution is -2.33. The highest BCUT2D eigenvalue weighted by Gasteiger charge is 2.16. The van der Waals surface area contributed by atoms with E-state index >= 15 is 0 Å². The minimum absolute atomic E-state index is 0.381.